The summed E-state index contributed by atoms with van der Waals surface area (Å²) in [4.78, 5) is 2.65. The van der Waals surface area contributed by atoms with Crippen molar-refractivity contribution in [2.75, 3.05) is 26.2 Å². The van der Waals surface area contributed by atoms with Gasteiger partial charge >= 0.3 is 0 Å². The molecule has 2 rings (SSSR count). The van der Waals surface area contributed by atoms with E-state index >= 15 is 0 Å². The lowest BCUT2D eigenvalue weighted by Crippen LogP contribution is -2.28. The second kappa shape index (κ2) is 5.86. The van der Waals surface area contributed by atoms with Crippen molar-refractivity contribution in [2.24, 2.45) is 5.92 Å². The summed E-state index contributed by atoms with van der Waals surface area (Å²) >= 11 is 0. The lowest BCUT2D eigenvalue weighted by Gasteiger charge is -2.21. The van der Waals surface area contributed by atoms with Crippen molar-refractivity contribution in [3.8, 4) is 0 Å². The van der Waals surface area contributed by atoms with E-state index in [2.05, 4.69) is 17.1 Å². The van der Waals surface area contributed by atoms with Crippen molar-refractivity contribution < 1.29 is 0 Å². The molecule has 0 spiro atoms. The molecule has 1 atom stereocenters. The standard InChI is InChI=1S/C13H26N2/c1-2-15(11-12-7-8-12)10-4-6-13-5-3-9-14-13/h12-14H,2-11H2,1H3. The van der Waals surface area contributed by atoms with E-state index in [0.717, 1.165) is 12.0 Å². The second-order valence-electron chi connectivity index (χ2n) is 5.27. The first-order chi connectivity index (χ1) is 7.38. The van der Waals surface area contributed by atoms with Gasteiger partial charge in [-0.1, -0.05) is 6.92 Å². The van der Waals surface area contributed by atoms with Gasteiger partial charge in [-0.3, -0.25) is 0 Å². The summed E-state index contributed by atoms with van der Waals surface area (Å²) in [7, 11) is 0. The number of nitrogens with zero attached hydrogens (tertiary/aromatic N) is 1. The zero-order valence-electron chi connectivity index (χ0n) is 10.2. The van der Waals surface area contributed by atoms with Crippen LogP contribution in [0.15, 0.2) is 0 Å². The lowest BCUT2D eigenvalue weighted by atomic mass is 10.1. The maximum Gasteiger partial charge on any atom is 0.00680 e. The SMILES string of the molecule is CCN(CCCC1CCCN1)CC1CC1. The summed E-state index contributed by atoms with van der Waals surface area (Å²) in [6, 6.07) is 0.838. The molecule has 0 amide bonds. The molecular formula is C13H26N2. The van der Waals surface area contributed by atoms with E-state index in [0.29, 0.717) is 0 Å². The maximum absolute atomic E-state index is 3.58. The van der Waals surface area contributed by atoms with E-state index in [9.17, 15) is 0 Å². The van der Waals surface area contributed by atoms with Crippen LogP contribution in [-0.2, 0) is 0 Å². The number of hydrogen-bond acceptors (Lipinski definition) is 2. The van der Waals surface area contributed by atoms with Gasteiger partial charge in [-0.15, -0.1) is 0 Å². The number of rotatable bonds is 7. The molecule has 1 aliphatic heterocycles. The third-order valence-electron chi connectivity index (χ3n) is 3.85. The summed E-state index contributed by atoms with van der Waals surface area (Å²) in [5.41, 5.74) is 0. The first-order valence-electron chi connectivity index (χ1n) is 6.84. The fraction of sp³-hybridized carbons (Fsp3) is 1.00. The van der Waals surface area contributed by atoms with Crippen LogP contribution in [0.3, 0.4) is 0 Å². The minimum atomic E-state index is 0.838. The summed E-state index contributed by atoms with van der Waals surface area (Å²) in [6.45, 7) is 7.49. The molecule has 88 valence electrons. The van der Waals surface area contributed by atoms with E-state index in [4.69, 9.17) is 0 Å². The van der Waals surface area contributed by atoms with Gasteiger partial charge in [0.2, 0.25) is 0 Å². The summed E-state index contributed by atoms with van der Waals surface area (Å²) < 4.78 is 0. The van der Waals surface area contributed by atoms with Crippen molar-refractivity contribution in [1.82, 2.24) is 10.2 Å². The number of hydrogen-bond donors (Lipinski definition) is 1. The summed E-state index contributed by atoms with van der Waals surface area (Å²) in [6.07, 6.45) is 8.56. The van der Waals surface area contributed by atoms with Gasteiger partial charge in [0.25, 0.3) is 0 Å². The Morgan fingerprint density at radius 1 is 1.27 bits per heavy atom. The van der Waals surface area contributed by atoms with Crippen LogP contribution in [0.25, 0.3) is 0 Å². The molecule has 1 heterocycles. The Morgan fingerprint density at radius 3 is 2.73 bits per heavy atom. The van der Waals surface area contributed by atoms with Gasteiger partial charge in [-0.05, 0) is 64.1 Å². The van der Waals surface area contributed by atoms with Crippen molar-refractivity contribution in [3.63, 3.8) is 0 Å². The molecule has 15 heavy (non-hydrogen) atoms. The fourth-order valence-electron chi connectivity index (χ4n) is 2.61. The van der Waals surface area contributed by atoms with E-state index < -0.39 is 0 Å². The molecule has 1 aliphatic carbocycles. The third kappa shape index (κ3) is 4.12. The van der Waals surface area contributed by atoms with Gasteiger partial charge in [0.15, 0.2) is 0 Å². The Bertz CT molecular complexity index is 171. The third-order valence-corrected chi connectivity index (χ3v) is 3.85. The van der Waals surface area contributed by atoms with Crippen LogP contribution in [0.5, 0.6) is 0 Å². The fourth-order valence-corrected chi connectivity index (χ4v) is 2.61. The molecule has 1 N–H and O–H groups in total. The highest BCUT2D eigenvalue weighted by Gasteiger charge is 2.23. The maximum atomic E-state index is 3.58. The molecule has 1 unspecified atom stereocenters. The van der Waals surface area contributed by atoms with Crippen LogP contribution in [-0.4, -0.2) is 37.1 Å². The summed E-state index contributed by atoms with van der Waals surface area (Å²) in [5, 5.41) is 3.58. The highest BCUT2D eigenvalue weighted by molar-refractivity contribution is 4.78. The first kappa shape index (κ1) is 11.4. The van der Waals surface area contributed by atoms with Crippen molar-refractivity contribution in [2.45, 2.75) is 51.5 Å². The Kier molecular flexibility index (Phi) is 4.45. The first-order valence-corrected chi connectivity index (χ1v) is 6.84. The van der Waals surface area contributed by atoms with Gasteiger partial charge < -0.3 is 10.2 Å². The predicted molar refractivity (Wildman–Crippen MR) is 65.1 cm³/mol. The molecule has 0 aromatic heterocycles. The minimum Gasteiger partial charge on any atom is -0.314 e. The average molecular weight is 210 g/mol. The van der Waals surface area contributed by atoms with Crippen molar-refractivity contribution >= 4 is 0 Å². The molecule has 0 bridgehead atoms. The quantitative estimate of drug-likeness (QED) is 0.693. The zero-order valence-corrected chi connectivity index (χ0v) is 10.2. The van der Waals surface area contributed by atoms with Gasteiger partial charge in [0, 0.05) is 12.6 Å². The van der Waals surface area contributed by atoms with E-state index in [1.54, 1.807) is 0 Å². The van der Waals surface area contributed by atoms with Crippen LogP contribution >= 0.6 is 0 Å². The smallest absolute Gasteiger partial charge is 0.00680 e. The van der Waals surface area contributed by atoms with Crippen molar-refractivity contribution in [3.05, 3.63) is 0 Å². The van der Waals surface area contributed by atoms with E-state index in [1.807, 2.05) is 0 Å². The molecular weight excluding hydrogens is 184 g/mol. The molecule has 2 nitrogen and oxygen atoms in total. The summed E-state index contributed by atoms with van der Waals surface area (Å²) in [5.74, 6) is 1.05. The Balaban J connectivity index is 1.53. The van der Waals surface area contributed by atoms with Gasteiger partial charge in [0.05, 0.1) is 0 Å². The minimum absolute atomic E-state index is 0.838. The van der Waals surface area contributed by atoms with Crippen LogP contribution in [0.4, 0.5) is 0 Å². The Morgan fingerprint density at radius 2 is 2.13 bits per heavy atom. The molecule has 2 aliphatic rings. The van der Waals surface area contributed by atoms with E-state index in [1.165, 1.54) is 64.7 Å². The zero-order chi connectivity index (χ0) is 10.5. The van der Waals surface area contributed by atoms with Crippen LogP contribution in [0.2, 0.25) is 0 Å². The average Bonchev–Trinajstić information content (AvgIpc) is 2.91. The molecule has 2 fully saturated rings. The molecule has 1 saturated carbocycles. The van der Waals surface area contributed by atoms with Crippen molar-refractivity contribution in [1.29, 1.82) is 0 Å². The highest BCUT2D eigenvalue weighted by atomic mass is 15.1. The predicted octanol–water partition coefficient (Wildman–Crippen LogP) is 2.25. The molecule has 0 radical (unpaired) electrons. The topological polar surface area (TPSA) is 15.3 Å². The largest absolute Gasteiger partial charge is 0.314 e. The monoisotopic (exact) mass is 210 g/mol. The molecule has 0 aromatic carbocycles. The number of nitrogens with one attached hydrogen (secondary N) is 1. The van der Waals surface area contributed by atoms with Gasteiger partial charge in [0.1, 0.15) is 0 Å². The Labute approximate surface area is 94.4 Å². The molecule has 2 heteroatoms. The highest BCUT2D eigenvalue weighted by Crippen LogP contribution is 2.29. The van der Waals surface area contributed by atoms with Crippen LogP contribution in [0, 0.1) is 5.92 Å². The normalized spacial score (nSPS) is 26.4. The van der Waals surface area contributed by atoms with Crippen LogP contribution in [0.1, 0.15) is 45.4 Å². The second-order valence-corrected chi connectivity index (χ2v) is 5.27. The van der Waals surface area contributed by atoms with Crippen LogP contribution < -0.4 is 5.32 Å². The molecule has 1 saturated heterocycles. The van der Waals surface area contributed by atoms with Gasteiger partial charge in [-0.25, -0.2) is 0 Å². The van der Waals surface area contributed by atoms with E-state index in [-0.39, 0.29) is 0 Å². The van der Waals surface area contributed by atoms with Gasteiger partial charge in [-0.2, -0.15) is 0 Å². The Hall–Kier alpha value is -0.0800. The molecule has 0 aromatic rings. The lowest BCUT2D eigenvalue weighted by molar-refractivity contribution is 0.266.